The van der Waals surface area contributed by atoms with E-state index in [-0.39, 0.29) is 21.7 Å². The molecule has 0 saturated heterocycles. The Labute approximate surface area is 172 Å². The molecule has 0 saturated carbocycles. The maximum absolute atomic E-state index is 13.3. The van der Waals surface area contributed by atoms with Gasteiger partial charge in [0.15, 0.2) is 0 Å². The maximum Gasteiger partial charge on any atom is 0.238 e. The lowest BCUT2D eigenvalue weighted by atomic mass is 10.2. The highest BCUT2D eigenvalue weighted by Gasteiger charge is 2.29. The van der Waals surface area contributed by atoms with Crippen LogP contribution < -0.4 is 10.1 Å². The minimum Gasteiger partial charge on any atom is -0.497 e. The van der Waals surface area contributed by atoms with E-state index in [1.165, 1.54) is 19.2 Å². The molecule has 0 atom stereocenters. The van der Waals surface area contributed by atoms with E-state index in [1.807, 2.05) is 6.07 Å². The maximum atomic E-state index is 13.3. The van der Waals surface area contributed by atoms with Crippen LogP contribution in [0.15, 0.2) is 93.2 Å². The smallest absolute Gasteiger partial charge is 0.238 e. The van der Waals surface area contributed by atoms with Gasteiger partial charge in [0.1, 0.15) is 11.6 Å². The quantitative estimate of drug-likeness (QED) is 0.436. The molecule has 0 fully saturated rings. The van der Waals surface area contributed by atoms with Crippen LogP contribution in [-0.4, -0.2) is 20.5 Å². The number of oxazole rings is 1. The Morgan fingerprint density at radius 3 is 2.40 bits per heavy atom. The normalized spacial score (nSPS) is 11.3. The highest BCUT2D eigenvalue weighted by molar-refractivity contribution is 7.91. The number of rotatable bonds is 6. The first-order chi connectivity index (χ1) is 14.5. The summed E-state index contributed by atoms with van der Waals surface area (Å²) in [5.41, 5.74) is 1.17. The highest BCUT2D eigenvalue weighted by Crippen LogP contribution is 2.34. The van der Waals surface area contributed by atoms with Crippen molar-refractivity contribution in [1.29, 1.82) is 0 Å². The molecule has 4 rings (SSSR count). The molecule has 1 aromatic heterocycles. The summed E-state index contributed by atoms with van der Waals surface area (Å²) in [5.74, 6) is 0.146. The first-order valence-electron chi connectivity index (χ1n) is 8.95. The first-order valence-corrected chi connectivity index (χ1v) is 10.4. The number of hydrogen-bond acceptors (Lipinski definition) is 6. The third-order valence-corrected chi connectivity index (χ3v) is 6.00. The van der Waals surface area contributed by atoms with Crippen LogP contribution >= 0.6 is 0 Å². The Morgan fingerprint density at radius 2 is 1.70 bits per heavy atom. The van der Waals surface area contributed by atoms with Crippen LogP contribution in [0.5, 0.6) is 5.75 Å². The average molecular weight is 424 g/mol. The lowest BCUT2D eigenvalue weighted by Gasteiger charge is -2.07. The predicted octanol–water partition coefficient (Wildman–Crippen LogP) is 5.07. The molecular weight excluding hydrogens is 407 g/mol. The van der Waals surface area contributed by atoms with Gasteiger partial charge in [-0.2, -0.15) is 4.98 Å². The van der Waals surface area contributed by atoms with Crippen LogP contribution in [0.1, 0.15) is 0 Å². The van der Waals surface area contributed by atoms with Crippen molar-refractivity contribution in [2.75, 3.05) is 12.4 Å². The van der Waals surface area contributed by atoms with Crippen molar-refractivity contribution >= 4 is 21.4 Å². The summed E-state index contributed by atoms with van der Waals surface area (Å²) in [6, 6.07) is 20.4. The van der Waals surface area contributed by atoms with Gasteiger partial charge in [0.05, 0.1) is 12.0 Å². The zero-order valence-corrected chi connectivity index (χ0v) is 16.7. The average Bonchev–Trinajstić information content (AvgIpc) is 3.19. The summed E-state index contributed by atoms with van der Waals surface area (Å²) in [5, 5.41) is 2.67. The van der Waals surface area contributed by atoms with E-state index in [0.29, 0.717) is 17.0 Å². The van der Waals surface area contributed by atoms with Crippen LogP contribution in [0.3, 0.4) is 0 Å². The molecule has 1 N–H and O–H groups in total. The SMILES string of the molecule is COc1cccc(Nc2oc(-c3ccccc3)nc2S(=O)(=O)c2ccc(F)cc2)c1. The molecule has 1 heterocycles. The molecule has 6 nitrogen and oxygen atoms in total. The van der Waals surface area contributed by atoms with Gasteiger partial charge in [-0.25, -0.2) is 12.8 Å². The van der Waals surface area contributed by atoms with Gasteiger partial charge >= 0.3 is 0 Å². The molecule has 0 amide bonds. The molecule has 0 bridgehead atoms. The molecular formula is C22H17FN2O4S. The second kappa shape index (κ2) is 8.00. The Kier molecular flexibility index (Phi) is 5.24. The number of aromatic nitrogens is 1. The van der Waals surface area contributed by atoms with Gasteiger partial charge in [-0.1, -0.05) is 24.3 Å². The zero-order valence-electron chi connectivity index (χ0n) is 15.9. The van der Waals surface area contributed by atoms with Gasteiger partial charge in [0, 0.05) is 17.3 Å². The Morgan fingerprint density at radius 1 is 0.967 bits per heavy atom. The molecule has 0 unspecified atom stereocenters. The molecule has 4 aromatic rings. The van der Waals surface area contributed by atoms with Crippen molar-refractivity contribution in [3.05, 3.63) is 84.7 Å². The standard InChI is InChI=1S/C22H17FN2O4S/c1-28-18-9-5-8-17(14-18)24-21-22(25-20(29-21)15-6-3-2-4-7-15)30(26,27)19-12-10-16(23)11-13-19/h2-14,24H,1H3. The summed E-state index contributed by atoms with van der Waals surface area (Å²) in [6.07, 6.45) is 0. The fourth-order valence-corrected chi connectivity index (χ4v) is 4.09. The number of benzene rings is 3. The summed E-state index contributed by atoms with van der Waals surface area (Å²) >= 11 is 0. The summed E-state index contributed by atoms with van der Waals surface area (Å²) < 4.78 is 50.7. The highest BCUT2D eigenvalue weighted by atomic mass is 32.2. The monoisotopic (exact) mass is 424 g/mol. The number of sulfone groups is 1. The van der Waals surface area contributed by atoms with E-state index < -0.39 is 15.7 Å². The molecule has 8 heteroatoms. The number of nitrogens with zero attached hydrogens (tertiary/aromatic N) is 1. The number of halogens is 1. The van der Waals surface area contributed by atoms with Gasteiger partial charge in [-0.15, -0.1) is 0 Å². The van der Waals surface area contributed by atoms with Crippen LogP contribution in [-0.2, 0) is 9.84 Å². The van der Waals surface area contributed by atoms with Gasteiger partial charge in [0.25, 0.3) is 0 Å². The second-order valence-electron chi connectivity index (χ2n) is 6.33. The van der Waals surface area contributed by atoms with Crippen molar-refractivity contribution in [3.8, 4) is 17.2 Å². The fourth-order valence-electron chi connectivity index (χ4n) is 2.83. The number of nitrogens with one attached hydrogen (secondary N) is 1. The van der Waals surface area contributed by atoms with Crippen LogP contribution in [0, 0.1) is 5.82 Å². The molecule has 3 aromatic carbocycles. The van der Waals surface area contributed by atoms with Crippen molar-refractivity contribution in [2.45, 2.75) is 9.92 Å². The lowest BCUT2D eigenvalue weighted by Crippen LogP contribution is -2.05. The second-order valence-corrected chi connectivity index (χ2v) is 8.20. The number of ether oxygens (including phenoxy) is 1. The largest absolute Gasteiger partial charge is 0.497 e. The topological polar surface area (TPSA) is 81.4 Å². The minimum absolute atomic E-state index is 0.0496. The first kappa shape index (κ1) is 19.7. The van der Waals surface area contributed by atoms with Crippen molar-refractivity contribution in [3.63, 3.8) is 0 Å². The van der Waals surface area contributed by atoms with Crippen molar-refractivity contribution in [1.82, 2.24) is 4.98 Å². The molecule has 0 aliphatic heterocycles. The Bertz CT molecular complexity index is 1270. The summed E-state index contributed by atoms with van der Waals surface area (Å²) in [4.78, 5) is 4.16. The van der Waals surface area contributed by atoms with Gasteiger partial charge in [0.2, 0.25) is 26.6 Å². The zero-order chi connectivity index (χ0) is 21.1. The van der Waals surface area contributed by atoms with Crippen LogP contribution in [0.4, 0.5) is 16.0 Å². The molecule has 0 spiro atoms. The van der Waals surface area contributed by atoms with Crippen LogP contribution in [0.25, 0.3) is 11.5 Å². The minimum atomic E-state index is -4.07. The Hall–Kier alpha value is -3.65. The predicted molar refractivity (Wildman–Crippen MR) is 110 cm³/mol. The van der Waals surface area contributed by atoms with E-state index in [4.69, 9.17) is 9.15 Å². The summed E-state index contributed by atoms with van der Waals surface area (Å²) in [7, 11) is -2.54. The molecule has 152 valence electrons. The van der Waals surface area contributed by atoms with Crippen molar-refractivity contribution in [2.24, 2.45) is 0 Å². The van der Waals surface area contributed by atoms with E-state index in [0.717, 1.165) is 12.1 Å². The third-order valence-electron chi connectivity index (χ3n) is 4.32. The fraction of sp³-hybridized carbons (Fsp3) is 0.0455. The summed E-state index contributed by atoms with van der Waals surface area (Å²) in [6.45, 7) is 0. The van der Waals surface area contributed by atoms with E-state index in [1.54, 1.807) is 48.5 Å². The Balaban J connectivity index is 1.83. The molecule has 0 radical (unpaired) electrons. The number of anilines is 2. The molecule has 0 aliphatic carbocycles. The van der Waals surface area contributed by atoms with E-state index in [2.05, 4.69) is 10.3 Å². The van der Waals surface area contributed by atoms with E-state index >= 15 is 0 Å². The van der Waals surface area contributed by atoms with Crippen molar-refractivity contribution < 1.29 is 22.0 Å². The molecule has 30 heavy (non-hydrogen) atoms. The lowest BCUT2D eigenvalue weighted by molar-refractivity contribution is 0.415. The van der Waals surface area contributed by atoms with Gasteiger partial charge < -0.3 is 14.5 Å². The van der Waals surface area contributed by atoms with E-state index in [9.17, 15) is 12.8 Å². The number of methoxy groups -OCH3 is 1. The van der Waals surface area contributed by atoms with Crippen LogP contribution in [0.2, 0.25) is 0 Å². The third kappa shape index (κ3) is 3.90. The molecule has 0 aliphatic rings. The van der Waals surface area contributed by atoms with Gasteiger partial charge in [-0.05, 0) is 48.5 Å². The number of hydrogen-bond donors (Lipinski definition) is 1. The van der Waals surface area contributed by atoms with Gasteiger partial charge in [-0.3, -0.25) is 0 Å².